The normalized spacial score (nSPS) is 19.4. The number of hydrogen-bond acceptors (Lipinski definition) is 3. The number of amides is 2. The van der Waals surface area contributed by atoms with Crippen LogP contribution in [0.1, 0.15) is 51.4 Å². The topological polar surface area (TPSA) is 47.6 Å². The molecule has 1 saturated carbocycles. The summed E-state index contributed by atoms with van der Waals surface area (Å²) in [4.78, 5) is 16.5. The summed E-state index contributed by atoms with van der Waals surface area (Å²) in [5.41, 5.74) is 1.11. The largest absolute Gasteiger partial charge is 0.369 e. The zero-order valence-corrected chi connectivity index (χ0v) is 17.3. The van der Waals surface area contributed by atoms with Gasteiger partial charge in [-0.2, -0.15) is 0 Å². The smallest absolute Gasteiger partial charge is 0.319 e. The maximum atomic E-state index is 14.6. The second kappa shape index (κ2) is 10.1. The maximum absolute atomic E-state index is 14.6. The minimum atomic E-state index is -0.280. The number of carbonyl (C=O) groups is 1. The van der Waals surface area contributed by atoms with Gasteiger partial charge in [0.2, 0.25) is 0 Å². The van der Waals surface area contributed by atoms with Crippen LogP contribution < -0.4 is 15.5 Å². The van der Waals surface area contributed by atoms with E-state index in [1.807, 2.05) is 7.05 Å². The summed E-state index contributed by atoms with van der Waals surface area (Å²) in [5.74, 6) is 0.403. The van der Waals surface area contributed by atoms with Crippen molar-refractivity contribution in [3.8, 4) is 0 Å². The number of halogens is 1. The second-order valence-electron chi connectivity index (χ2n) is 8.49. The molecule has 2 N–H and O–H groups in total. The number of nitrogens with one attached hydrogen (secondary N) is 2. The summed E-state index contributed by atoms with van der Waals surface area (Å²) in [6.45, 7) is 2.93. The summed E-state index contributed by atoms with van der Waals surface area (Å²) >= 11 is 0. The van der Waals surface area contributed by atoms with Crippen LogP contribution in [-0.4, -0.2) is 50.7 Å². The molecule has 1 aliphatic heterocycles. The quantitative estimate of drug-likeness (QED) is 0.754. The van der Waals surface area contributed by atoms with Gasteiger partial charge in [0.1, 0.15) is 5.82 Å². The Morgan fingerprint density at radius 3 is 2.57 bits per heavy atom. The molecule has 0 radical (unpaired) electrons. The van der Waals surface area contributed by atoms with E-state index in [2.05, 4.69) is 27.5 Å². The van der Waals surface area contributed by atoms with Crippen LogP contribution in [0.15, 0.2) is 18.2 Å². The summed E-state index contributed by atoms with van der Waals surface area (Å²) in [6, 6.07) is 5.13. The highest BCUT2D eigenvalue weighted by molar-refractivity contribution is 5.89. The Labute approximate surface area is 168 Å². The Hall–Kier alpha value is -1.82. The Balaban J connectivity index is 1.45. The van der Waals surface area contributed by atoms with E-state index < -0.39 is 0 Å². The number of hydrogen-bond donors (Lipinski definition) is 2. The van der Waals surface area contributed by atoms with Gasteiger partial charge >= 0.3 is 6.03 Å². The van der Waals surface area contributed by atoms with Crippen molar-refractivity contribution in [3.63, 3.8) is 0 Å². The molecule has 0 aromatic heterocycles. The molecule has 5 nitrogen and oxygen atoms in total. The fourth-order valence-electron chi connectivity index (χ4n) is 4.45. The van der Waals surface area contributed by atoms with E-state index in [-0.39, 0.29) is 11.8 Å². The molecule has 3 rings (SSSR count). The molecule has 1 saturated heterocycles. The number of carbonyl (C=O) groups excluding carboxylic acids is 1. The number of piperidine rings is 1. The van der Waals surface area contributed by atoms with Crippen molar-refractivity contribution in [3.05, 3.63) is 24.0 Å². The van der Waals surface area contributed by atoms with Crippen LogP contribution in [0.5, 0.6) is 0 Å². The first-order chi connectivity index (χ1) is 13.5. The summed E-state index contributed by atoms with van der Waals surface area (Å²) in [7, 11) is 4.12. The first-order valence-corrected chi connectivity index (χ1v) is 10.8. The number of urea groups is 1. The number of likely N-dealkylation sites (tertiary alicyclic amines) is 1. The van der Waals surface area contributed by atoms with Gasteiger partial charge in [0.15, 0.2) is 0 Å². The van der Waals surface area contributed by atoms with Crippen molar-refractivity contribution in [2.24, 2.45) is 5.92 Å². The van der Waals surface area contributed by atoms with Gasteiger partial charge in [-0.25, -0.2) is 9.18 Å². The van der Waals surface area contributed by atoms with Crippen molar-refractivity contribution in [2.45, 2.75) is 57.4 Å². The van der Waals surface area contributed by atoms with E-state index in [4.69, 9.17) is 0 Å². The highest BCUT2D eigenvalue weighted by atomic mass is 19.1. The zero-order valence-electron chi connectivity index (χ0n) is 17.3. The van der Waals surface area contributed by atoms with Crippen LogP contribution in [-0.2, 0) is 0 Å². The molecule has 1 heterocycles. The van der Waals surface area contributed by atoms with Crippen molar-refractivity contribution in [1.29, 1.82) is 0 Å². The van der Waals surface area contributed by atoms with E-state index in [9.17, 15) is 9.18 Å². The number of benzene rings is 1. The molecule has 2 fully saturated rings. The lowest BCUT2D eigenvalue weighted by Gasteiger charge is -2.33. The molecule has 1 aliphatic carbocycles. The zero-order chi connectivity index (χ0) is 19.9. The molecule has 2 aliphatic rings. The van der Waals surface area contributed by atoms with Crippen LogP contribution in [0.2, 0.25) is 0 Å². The minimum Gasteiger partial charge on any atom is -0.369 e. The third kappa shape index (κ3) is 5.84. The van der Waals surface area contributed by atoms with E-state index in [1.165, 1.54) is 38.2 Å². The molecule has 156 valence electrons. The summed E-state index contributed by atoms with van der Waals surface area (Å²) < 4.78 is 14.6. The Kier molecular flexibility index (Phi) is 7.54. The van der Waals surface area contributed by atoms with Crippen molar-refractivity contribution in [1.82, 2.24) is 10.2 Å². The molecule has 28 heavy (non-hydrogen) atoms. The van der Waals surface area contributed by atoms with E-state index in [0.29, 0.717) is 29.9 Å². The molecule has 0 unspecified atom stereocenters. The van der Waals surface area contributed by atoms with Gasteiger partial charge in [0.05, 0.1) is 5.69 Å². The third-order valence-corrected chi connectivity index (χ3v) is 6.38. The minimum absolute atomic E-state index is 0.263. The average molecular weight is 391 g/mol. The molecule has 6 heteroatoms. The van der Waals surface area contributed by atoms with Gasteiger partial charge in [0, 0.05) is 25.3 Å². The monoisotopic (exact) mass is 390 g/mol. The maximum Gasteiger partial charge on any atom is 0.319 e. The van der Waals surface area contributed by atoms with Gasteiger partial charge in [-0.1, -0.05) is 19.3 Å². The third-order valence-electron chi connectivity index (χ3n) is 6.38. The summed E-state index contributed by atoms with van der Waals surface area (Å²) in [6.07, 6.45) is 9.35. The average Bonchev–Trinajstić information content (AvgIpc) is 2.70. The highest BCUT2D eigenvalue weighted by Gasteiger charge is 2.21. The van der Waals surface area contributed by atoms with E-state index >= 15 is 0 Å². The first kappa shape index (κ1) is 20.9. The molecule has 1 aromatic carbocycles. The SMILES string of the molecule is CN1CCC(CCNC(=O)Nc2ccc(N(C)C3CCCCC3)c(F)c2)CC1. The van der Waals surface area contributed by atoms with Gasteiger partial charge in [-0.05, 0) is 76.4 Å². The van der Waals surface area contributed by atoms with E-state index in [0.717, 1.165) is 32.4 Å². The highest BCUT2D eigenvalue weighted by Crippen LogP contribution is 2.29. The lowest BCUT2D eigenvalue weighted by molar-refractivity contribution is 0.211. The Morgan fingerprint density at radius 1 is 1.18 bits per heavy atom. The predicted molar refractivity (Wildman–Crippen MR) is 114 cm³/mol. The van der Waals surface area contributed by atoms with Crippen molar-refractivity contribution in [2.75, 3.05) is 43.9 Å². The van der Waals surface area contributed by atoms with Crippen molar-refractivity contribution >= 4 is 17.4 Å². The molecule has 2 amide bonds. The molecular formula is C22H35FN4O. The number of anilines is 2. The number of nitrogens with zero attached hydrogens (tertiary/aromatic N) is 2. The predicted octanol–water partition coefficient (Wildman–Crippen LogP) is 4.45. The molecule has 0 spiro atoms. The Morgan fingerprint density at radius 2 is 1.89 bits per heavy atom. The van der Waals surface area contributed by atoms with E-state index in [1.54, 1.807) is 12.1 Å². The Bertz CT molecular complexity index is 639. The lowest BCUT2D eigenvalue weighted by Crippen LogP contribution is -2.34. The molecule has 1 aromatic rings. The fraction of sp³-hybridized carbons (Fsp3) is 0.682. The van der Waals surface area contributed by atoms with Gasteiger partial charge in [-0.15, -0.1) is 0 Å². The standard InChI is InChI=1S/C22H35FN4O/c1-26-14-11-17(12-15-26)10-13-24-22(28)25-18-8-9-21(20(23)16-18)27(2)19-6-4-3-5-7-19/h8-9,16-17,19H,3-7,10-15H2,1-2H3,(H2,24,25,28). The van der Waals surface area contributed by atoms with Crippen LogP contribution >= 0.6 is 0 Å². The van der Waals surface area contributed by atoms with Crippen LogP contribution in [0.3, 0.4) is 0 Å². The molecular weight excluding hydrogens is 355 g/mol. The number of rotatable bonds is 6. The van der Waals surface area contributed by atoms with Crippen LogP contribution in [0.4, 0.5) is 20.6 Å². The fourth-order valence-corrected chi connectivity index (χ4v) is 4.45. The first-order valence-electron chi connectivity index (χ1n) is 10.8. The van der Waals surface area contributed by atoms with Gasteiger partial charge < -0.3 is 20.4 Å². The molecule has 0 bridgehead atoms. The van der Waals surface area contributed by atoms with Gasteiger partial charge in [0.25, 0.3) is 0 Å². The second-order valence-corrected chi connectivity index (χ2v) is 8.49. The lowest BCUT2D eigenvalue weighted by atomic mass is 9.94. The van der Waals surface area contributed by atoms with Crippen LogP contribution in [0, 0.1) is 11.7 Å². The summed E-state index contributed by atoms with van der Waals surface area (Å²) in [5, 5.41) is 5.66. The van der Waals surface area contributed by atoms with Crippen molar-refractivity contribution < 1.29 is 9.18 Å². The van der Waals surface area contributed by atoms with Gasteiger partial charge in [-0.3, -0.25) is 0 Å². The molecule has 0 atom stereocenters. The van der Waals surface area contributed by atoms with Crippen LogP contribution in [0.25, 0.3) is 0 Å².